The van der Waals surface area contributed by atoms with Crippen LogP contribution in [0.1, 0.15) is 15.9 Å². The van der Waals surface area contributed by atoms with Crippen molar-refractivity contribution in [2.75, 3.05) is 5.32 Å². The second kappa shape index (κ2) is 5.99. The van der Waals surface area contributed by atoms with E-state index >= 15 is 0 Å². The van der Waals surface area contributed by atoms with Crippen LogP contribution in [-0.4, -0.2) is 21.1 Å². The van der Waals surface area contributed by atoms with Crippen LogP contribution in [0.25, 0.3) is 0 Å². The van der Waals surface area contributed by atoms with E-state index in [-0.39, 0.29) is 22.1 Å². The molecular formula is C14H11ClN2O3S. The topological polar surface area (TPSA) is 95.6 Å². The Kier molecular flexibility index (Phi) is 4.30. The molecule has 0 aliphatic heterocycles. The van der Waals surface area contributed by atoms with E-state index in [0.717, 1.165) is 6.07 Å². The number of carbonyl (C=O) groups excluding carboxylic acids is 1. The number of thiocarbonyl (C=S) groups is 1. The fraction of sp³-hybridized carbons (Fsp3) is 0. The van der Waals surface area contributed by atoms with E-state index in [1.54, 1.807) is 18.2 Å². The predicted octanol–water partition coefficient (Wildman–Crippen LogP) is 2.64. The zero-order valence-electron chi connectivity index (χ0n) is 10.6. The summed E-state index contributed by atoms with van der Waals surface area (Å²) in [5.74, 6) is -1.05. The maximum atomic E-state index is 12.1. The maximum Gasteiger partial charge on any atom is 0.259 e. The summed E-state index contributed by atoms with van der Waals surface area (Å²) < 4.78 is 0. The molecule has 0 aromatic heterocycles. The highest BCUT2D eigenvalue weighted by Crippen LogP contribution is 2.27. The maximum absolute atomic E-state index is 12.1. The average Bonchev–Trinajstić information content (AvgIpc) is 2.40. The first-order valence-electron chi connectivity index (χ1n) is 5.81. The quantitative estimate of drug-likeness (QED) is 0.652. The second-order valence-corrected chi connectivity index (χ2v) is 5.06. The van der Waals surface area contributed by atoms with Gasteiger partial charge in [0.2, 0.25) is 0 Å². The van der Waals surface area contributed by atoms with Crippen molar-refractivity contribution in [1.29, 1.82) is 0 Å². The highest BCUT2D eigenvalue weighted by molar-refractivity contribution is 7.80. The van der Waals surface area contributed by atoms with Gasteiger partial charge in [0.05, 0.1) is 16.3 Å². The summed E-state index contributed by atoms with van der Waals surface area (Å²) in [6.07, 6.45) is 0. The normalized spacial score (nSPS) is 10.1. The number of aromatic hydroxyl groups is 2. The molecule has 21 heavy (non-hydrogen) atoms. The molecule has 0 fully saturated rings. The van der Waals surface area contributed by atoms with Gasteiger partial charge in [-0.2, -0.15) is 0 Å². The third-order valence-electron chi connectivity index (χ3n) is 2.73. The molecule has 0 aliphatic rings. The Bertz CT molecular complexity index is 734. The first-order chi connectivity index (χ1) is 9.88. The SMILES string of the molecule is NC(=S)c1ccc(Cl)c(NC(=O)c2ccc(O)cc2O)c1. The van der Waals surface area contributed by atoms with Crippen molar-refractivity contribution in [3.05, 3.63) is 52.5 Å². The zero-order chi connectivity index (χ0) is 15.6. The molecule has 0 aliphatic carbocycles. The van der Waals surface area contributed by atoms with Crippen LogP contribution in [0.2, 0.25) is 5.02 Å². The zero-order valence-corrected chi connectivity index (χ0v) is 12.2. The fourth-order valence-electron chi connectivity index (χ4n) is 1.68. The number of rotatable bonds is 3. The number of phenols is 2. The number of hydrogen-bond acceptors (Lipinski definition) is 4. The van der Waals surface area contributed by atoms with E-state index < -0.39 is 5.91 Å². The summed E-state index contributed by atoms with van der Waals surface area (Å²) in [4.78, 5) is 12.3. The van der Waals surface area contributed by atoms with Crippen molar-refractivity contribution >= 4 is 40.4 Å². The Labute approximate surface area is 131 Å². The van der Waals surface area contributed by atoms with Crippen molar-refractivity contribution in [1.82, 2.24) is 0 Å². The van der Waals surface area contributed by atoms with Gasteiger partial charge >= 0.3 is 0 Å². The molecule has 2 aromatic rings. The Morgan fingerprint density at radius 2 is 1.90 bits per heavy atom. The number of anilines is 1. The molecule has 2 rings (SSSR count). The minimum atomic E-state index is -0.575. The molecule has 108 valence electrons. The summed E-state index contributed by atoms with van der Waals surface area (Å²) in [6, 6.07) is 8.40. The van der Waals surface area contributed by atoms with Gasteiger partial charge in [0.1, 0.15) is 16.5 Å². The smallest absolute Gasteiger partial charge is 0.259 e. The average molecular weight is 323 g/mol. The summed E-state index contributed by atoms with van der Waals surface area (Å²) in [7, 11) is 0. The fourth-order valence-corrected chi connectivity index (χ4v) is 1.97. The molecule has 0 unspecified atom stereocenters. The summed E-state index contributed by atoms with van der Waals surface area (Å²) in [6.45, 7) is 0. The van der Waals surface area contributed by atoms with Crippen LogP contribution in [-0.2, 0) is 0 Å². The molecule has 5 nitrogen and oxygen atoms in total. The number of phenolic OH excluding ortho intramolecular Hbond substituents is 2. The largest absolute Gasteiger partial charge is 0.508 e. The standard InChI is InChI=1S/C14H11ClN2O3S/c15-10-4-1-7(13(16)21)5-11(10)17-14(20)9-3-2-8(18)6-12(9)19/h1-6,18-19H,(H2,16,21)(H,17,20). The van der Waals surface area contributed by atoms with Gasteiger partial charge in [0.15, 0.2) is 0 Å². The molecule has 7 heteroatoms. The van der Waals surface area contributed by atoms with Crippen molar-refractivity contribution in [3.8, 4) is 11.5 Å². The van der Waals surface area contributed by atoms with Crippen LogP contribution < -0.4 is 11.1 Å². The van der Waals surface area contributed by atoms with Crippen molar-refractivity contribution in [2.45, 2.75) is 0 Å². The van der Waals surface area contributed by atoms with Crippen LogP contribution in [0.3, 0.4) is 0 Å². The Balaban J connectivity index is 2.31. The summed E-state index contributed by atoms with van der Waals surface area (Å²) >= 11 is 10.9. The van der Waals surface area contributed by atoms with E-state index in [2.05, 4.69) is 5.32 Å². The van der Waals surface area contributed by atoms with Crippen LogP contribution in [0.5, 0.6) is 11.5 Å². The van der Waals surface area contributed by atoms with Crippen molar-refractivity contribution in [2.24, 2.45) is 5.73 Å². The summed E-state index contributed by atoms with van der Waals surface area (Å²) in [5, 5.41) is 21.7. The number of benzene rings is 2. The predicted molar refractivity (Wildman–Crippen MR) is 85.1 cm³/mol. The third-order valence-corrected chi connectivity index (χ3v) is 3.29. The second-order valence-electron chi connectivity index (χ2n) is 4.21. The van der Waals surface area contributed by atoms with Gasteiger partial charge in [-0.1, -0.05) is 29.9 Å². The van der Waals surface area contributed by atoms with Gasteiger partial charge in [-0.3, -0.25) is 4.79 Å². The minimum absolute atomic E-state index is 0.00425. The third kappa shape index (κ3) is 3.42. The molecule has 0 bridgehead atoms. The molecule has 0 atom stereocenters. The van der Waals surface area contributed by atoms with Gasteiger partial charge in [0, 0.05) is 11.6 Å². The molecule has 0 radical (unpaired) electrons. The molecule has 0 saturated heterocycles. The number of carbonyl (C=O) groups is 1. The lowest BCUT2D eigenvalue weighted by atomic mass is 10.1. The number of nitrogens with one attached hydrogen (secondary N) is 1. The monoisotopic (exact) mass is 322 g/mol. The van der Waals surface area contributed by atoms with E-state index in [9.17, 15) is 15.0 Å². The number of hydrogen-bond donors (Lipinski definition) is 4. The van der Waals surface area contributed by atoms with Gasteiger partial charge in [0.25, 0.3) is 5.91 Å². The molecule has 0 heterocycles. The van der Waals surface area contributed by atoms with Crippen molar-refractivity contribution < 1.29 is 15.0 Å². The van der Waals surface area contributed by atoms with Gasteiger partial charge in [-0.25, -0.2) is 0 Å². The van der Waals surface area contributed by atoms with Crippen LogP contribution in [0.15, 0.2) is 36.4 Å². The van der Waals surface area contributed by atoms with E-state index in [4.69, 9.17) is 29.6 Å². The Morgan fingerprint density at radius 1 is 1.19 bits per heavy atom. The Morgan fingerprint density at radius 3 is 2.52 bits per heavy atom. The first-order valence-corrected chi connectivity index (χ1v) is 6.60. The lowest BCUT2D eigenvalue weighted by molar-refractivity contribution is 0.102. The summed E-state index contributed by atoms with van der Waals surface area (Å²) in [5.41, 5.74) is 6.40. The highest BCUT2D eigenvalue weighted by Gasteiger charge is 2.14. The van der Waals surface area contributed by atoms with E-state index in [0.29, 0.717) is 16.3 Å². The first kappa shape index (κ1) is 15.1. The lowest BCUT2D eigenvalue weighted by Gasteiger charge is -2.10. The van der Waals surface area contributed by atoms with Gasteiger partial charge < -0.3 is 21.3 Å². The van der Waals surface area contributed by atoms with Gasteiger partial charge in [-0.05, 0) is 24.3 Å². The molecule has 0 spiro atoms. The van der Waals surface area contributed by atoms with Crippen molar-refractivity contribution in [3.63, 3.8) is 0 Å². The van der Waals surface area contributed by atoms with Crippen LogP contribution in [0.4, 0.5) is 5.69 Å². The van der Waals surface area contributed by atoms with Crippen LogP contribution >= 0.6 is 23.8 Å². The molecule has 5 N–H and O–H groups in total. The highest BCUT2D eigenvalue weighted by atomic mass is 35.5. The van der Waals surface area contributed by atoms with Crippen LogP contribution in [0, 0.1) is 0 Å². The molecule has 1 amide bonds. The number of amides is 1. The van der Waals surface area contributed by atoms with E-state index in [1.807, 2.05) is 0 Å². The lowest BCUT2D eigenvalue weighted by Crippen LogP contribution is -2.14. The van der Waals surface area contributed by atoms with E-state index in [1.165, 1.54) is 12.1 Å². The molecule has 2 aromatic carbocycles. The number of halogens is 1. The molecule has 0 saturated carbocycles. The minimum Gasteiger partial charge on any atom is -0.508 e. The number of nitrogens with two attached hydrogens (primary N) is 1. The van der Waals surface area contributed by atoms with Gasteiger partial charge in [-0.15, -0.1) is 0 Å². The molecular weight excluding hydrogens is 312 g/mol. The Hall–Kier alpha value is -2.31.